The molecule has 0 fully saturated rings. The van der Waals surface area contributed by atoms with Crippen molar-refractivity contribution in [2.75, 3.05) is 0 Å². The van der Waals surface area contributed by atoms with Crippen molar-refractivity contribution in [2.24, 2.45) is 0 Å². The number of hydrogen-bond acceptors (Lipinski definition) is 3. The zero-order valence-corrected chi connectivity index (χ0v) is 20.0. The molecule has 6 heteroatoms. The van der Waals surface area contributed by atoms with Gasteiger partial charge in [0.1, 0.15) is 0 Å². The van der Waals surface area contributed by atoms with E-state index in [1.165, 1.54) is 82.4 Å². The van der Waals surface area contributed by atoms with Crippen LogP contribution in [-0.4, -0.2) is 13.0 Å². The minimum absolute atomic E-state index is 0. The first-order valence-corrected chi connectivity index (χ1v) is 11.7. The third kappa shape index (κ3) is 12.9. The molecule has 1 aromatic carbocycles. The maximum atomic E-state index is 11.4. The third-order valence-corrected chi connectivity index (χ3v) is 5.81. The van der Waals surface area contributed by atoms with Crippen LogP contribution in [0.5, 0.6) is 5.75 Å². The van der Waals surface area contributed by atoms with Gasteiger partial charge in [-0.1, -0.05) is 96.1 Å². The largest absolute Gasteiger partial charge is 1.00 e. The summed E-state index contributed by atoms with van der Waals surface area (Å²) >= 11 is 0. The molecule has 1 aromatic rings. The SMILES string of the molecule is CCCCCCCCCCCCCCCc1cc([O-])ccc1S(=O)(=O)O.[Na+]. The third-order valence-electron chi connectivity index (χ3n) is 4.86. The molecule has 0 spiro atoms. The van der Waals surface area contributed by atoms with Gasteiger partial charge in [-0.05, 0) is 24.5 Å². The van der Waals surface area contributed by atoms with E-state index in [0.717, 1.165) is 19.3 Å². The zero-order valence-electron chi connectivity index (χ0n) is 17.2. The minimum Gasteiger partial charge on any atom is -0.872 e. The quantitative estimate of drug-likeness (QED) is 0.276. The standard InChI is InChI=1S/C21H36O4S.Na/c1-2-3-4-5-6-7-8-9-10-11-12-13-14-15-19-18-20(22)16-17-21(19)26(23,24)25;/h16-18,22H,2-15H2,1H3,(H,23,24,25);/q;+1/p-1. The van der Waals surface area contributed by atoms with Crippen LogP contribution in [0.2, 0.25) is 0 Å². The van der Waals surface area contributed by atoms with E-state index in [4.69, 9.17) is 0 Å². The Labute approximate surface area is 188 Å². The molecule has 150 valence electrons. The molecule has 0 aliphatic rings. The molecule has 1 N–H and O–H groups in total. The van der Waals surface area contributed by atoms with Gasteiger partial charge in [0.2, 0.25) is 0 Å². The fraction of sp³-hybridized carbons (Fsp3) is 0.714. The summed E-state index contributed by atoms with van der Waals surface area (Å²) in [6.45, 7) is 2.24. The van der Waals surface area contributed by atoms with Crippen molar-refractivity contribution in [1.82, 2.24) is 0 Å². The Hall–Kier alpha value is -0.0700. The van der Waals surface area contributed by atoms with Crippen molar-refractivity contribution < 1.29 is 47.6 Å². The van der Waals surface area contributed by atoms with E-state index in [2.05, 4.69) is 6.92 Å². The maximum absolute atomic E-state index is 11.4. The molecule has 0 heterocycles. The van der Waals surface area contributed by atoms with Crippen molar-refractivity contribution in [3.8, 4) is 5.75 Å². The van der Waals surface area contributed by atoms with Crippen molar-refractivity contribution in [2.45, 2.75) is 102 Å². The van der Waals surface area contributed by atoms with Gasteiger partial charge < -0.3 is 5.11 Å². The summed E-state index contributed by atoms with van der Waals surface area (Å²) < 4.78 is 31.9. The summed E-state index contributed by atoms with van der Waals surface area (Å²) in [5, 5.41) is 11.4. The Morgan fingerprint density at radius 3 is 1.70 bits per heavy atom. The molecule has 0 aliphatic heterocycles. The van der Waals surface area contributed by atoms with Crippen LogP contribution < -0.4 is 34.7 Å². The first-order chi connectivity index (χ1) is 12.4. The molecule has 0 saturated carbocycles. The Balaban J connectivity index is 0.00000676. The predicted molar refractivity (Wildman–Crippen MR) is 105 cm³/mol. The second-order valence-corrected chi connectivity index (χ2v) is 8.63. The summed E-state index contributed by atoms with van der Waals surface area (Å²) in [7, 11) is -4.26. The fourth-order valence-corrected chi connectivity index (χ4v) is 4.07. The monoisotopic (exact) mass is 406 g/mol. The van der Waals surface area contributed by atoms with Crippen LogP contribution in [0.3, 0.4) is 0 Å². The van der Waals surface area contributed by atoms with Crippen LogP contribution in [0.4, 0.5) is 0 Å². The van der Waals surface area contributed by atoms with Crippen LogP contribution in [0.25, 0.3) is 0 Å². The summed E-state index contributed by atoms with van der Waals surface area (Å²) in [5.74, 6) is -0.220. The van der Waals surface area contributed by atoms with E-state index in [1.54, 1.807) is 0 Å². The van der Waals surface area contributed by atoms with E-state index >= 15 is 0 Å². The van der Waals surface area contributed by atoms with Crippen LogP contribution in [0, 0.1) is 0 Å². The second-order valence-electron chi connectivity index (χ2n) is 7.24. The zero-order chi connectivity index (χ0) is 19.3. The average molecular weight is 407 g/mol. The average Bonchev–Trinajstić information content (AvgIpc) is 2.58. The van der Waals surface area contributed by atoms with Crippen molar-refractivity contribution >= 4 is 10.1 Å². The van der Waals surface area contributed by atoms with Gasteiger partial charge >= 0.3 is 29.6 Å². The van der Waals surface area contributed by atoms with Crippen molar-refractivity contribution in [3.63, 3.8) is 0 Å². The van der Waals surface area contributed by atoms with Gasteiger partial charge in [-0.15, -0.1) is 5.75 Å². The number of aryl methyl sites for hydroxylation is 1. The van der Waals surface area contributed by atoms with E-state index in [1.807, 2.05) is 0 Å². The molecule has 4 nitrogen and oxygen atoms in total. The van der Waals surface area contributed by atoms with Gasteiger partial charge in [-0.25, -0.2) is 0 Å². The Kier molecular flexibility index (Phi) is 15.8. The number of hydrogen-bond donors (Lipinski definition) is 1. The van der Waals surface area contributed by atoms with E-state index in [0.29, 0.717) is 12.0 Å². The normalized spacial score (nSPS) is 11.3. The predicted octanol–water partition coefficient (Wildman–Crippen LogP) is 2.64. The Bertz CT molecular complexity index is 602. The number of rotatable bonds is 15. The molecule has 0 unspecified atom stereocenters. The van der Waals surface area contributed by atoms with Crippen LogP contribution in [0.1, 0.15) is 96.0 Å². The van der Waals surface area contributed by atoms with Gasteiger partial charge in [0, 0.05) is 0 Å². The molecule has 0 aromatic heterocycles. The van der Waals surface area contributed by atoms with E-state index < -0.39 is 10.1 Å². The van der Waals surface area contributed by atoms with Crippen molar-refractivity contribution in [1.29, 1.82) is 0 Å². The molecule has 0 amide bonds. The number of benzene rings is 1. The molecular formula is C21H35NaO4S. The maximum Gasteiger partial charge on any atom is 1.00 e. The molecule has 0 bridgehead atoms. The second kappa shape index (κ2) is 15.8. The summed E-state index contributed by atoms with van der Waals surface area (Å²) in [6, 6.07) is 3.70. The Morgan fingerprint density at radius 2 is 1.26 bits per heavy atom. The molecular weight excluding hydrogens is 371 g/mol. The van der Waals surface area contributed by atoms with Gasteiger partial charge in [0.25, 0.3) is 10.1 Å². The van der Waals surface area contributed by atoms with E-state index in [-0.39, 0.29) is 40.2 Å². The molecule has 0 saturated heterocycles. The summed E-state index contributed by atoms with van der Waals surface area (Å²) in [5.41, 5.74) is 0.433. The van der Waals surface area contributed by atoms with Gasteiger partial charge in [-0.3, -0.25) is 4.55 Å². The topological polar surface area (TPSA) is 77.4 Å². The van der Waals surface area contributed by atoms with Crippen LogP contribution in [-0.2, 0) is 16.5 Å². The van der Waals surface area contributed by atoms with Crippen LogP contribution >= 0.6 is 0 Å². The van der Waals surface area contributed by atoms with Gasteiger partial charge in [-0.2, -0.15) is 8.42 Å². The fourth-order valence-electron chi connectivity index (χ4n) is 3.34. The summed E-state index contributed by atoms with van der Waals surface area (Å²) in [4.78, 5) is -0.129. The van der Waals surface area contributed by atoms with Gasteiger partial charge in [0.15, 0.2) is 0 Å². The van der Waals surface area contributed by atoms with Crippen molar-refractivity contribution in [3.05, 3.63) is 23.8 Å². The molecule has 0 atom stereocenters. The first kappa shape index (κ1) is 26.9. The molecule has 27 heavy (non-hydrogen) atoms. The smallest absolute Gasteiger partial charge is 0.872 e. The van der Waals surface area contributed by atoms with E-state index in [9.17, 15) is 18.1 Å². The van der Waals surface area contributed by atoms with Gasteiger partial charge in [0.05, 0.1) is 4.90 Å². The van der Waals surface area contributed by atoms with Crippen LogP contribution in [0.15, 0.2) is 23.1 Å². The number of unbranched alkanes of at least 4 members (excludes halogenated alkanes) is 12. The molecule has 0 radical (unpaired) electrons. The summed E-state index contributed by atoms with van der Waals surface area (Å²) in [6.07, 6.45) is 16.8. The Morgan fingerprint density at radius 1 is 0.815 bits per heavy atom. The molecule has 1 rings (SSSR count). The molecule has 0 aliphatic carbocycles. The minimum atomic E-state index is -4.26. The first-order valence-electron chi connectivity index (χ1n) is 10.2.